The van der Waals surface area contributed by atoms with Gasteiger partial charge in [-0.05, 0) is 58.4 Å². The van der Waals surface area contributed by atoms with Crippen LogP contribution in [0.3, 0.4) is 0 Å². The SMILES string of the molecule is CCNC(=NCCCNC(=O)OC(C)(C)C)NCCNC(=O)c1ccc(O)cc1. The lowest BCUT2D eigenvalue weighted by Crippen LogP contribution is -2.41. The molecule has 9 nitrogen and oxygen atoms in total. The Balaban J connectivity index is 2.27. The molecule has 1 rings (SSSR count). The number of carbonyl (C=O) groups is 2. The molecule has 0 atom stereocenters. The maximum Gasteiger partial charge on any atom is 0.407 e. The van der Waals surface area contributed by atoms with Gasteiger partial charge in [0.2, 0.25) is 0 Å². The fraction of sp³-hybridized carbons (Fsp3) is 0.550. The van der Waals surface area contributed by atoms with E-state index in [-0.39, 0.29) is 11.7 Å². The van der Waals surface area contributed by atoms with Crippen LogP contribution in [0.25, 0.3) is 0 Å². The van der Waals surface area contributed by atoms with E-state index in [9.17, 15) is 14.7 Å². The number of carbonyl (C=O) groups excluding carboxylic acids is 2. The summed E-state index contributed by atoms with van der Waals surface area (Å²) < 4.78 is 5.17. The Kier molecular flexibility index (Phi) is 10.4. The summed E-state index contributed by atoms with van der Waals surface area (Å²) in [6.07, 6.45) is 0.240. The topological polar surface area (TPSA) is 124 Å². The van der Waals surface area contributed by atoms with Crippen LogP contribution in [0, 0.1) is 0 Å². The number of hydrogen-bond donors (Lipinski definition) is 5. The maximum atomic E-state index is 12.0. The number of phenols is 1. The third-order valence-electron chi connectivity index (χ3n) is 3.45. The lowest BCUT2D eigenvalue weighted by atomic mass is 10.2. The Morgan fingerprint density at radius 3 is 2.28 bits per heavy atom. The van der Waals surface area contributed by atoms with E-state index in [1.165, 1.54) is 12.1 Å². The number of guanidine groups is 1. The van der Waals surface area contributed by atoms with Crippen molar-refractivity contribution in [2.45, 2.75) is 39.7 Å². The van der Waals surface area contributed by atoms with E-state index in [0.29, 0.717) is 50.7 Å². The Morgan fingerprint density at radius 2 is 1.66 bits per heavy atom. The number of benzene rings is 1. The van der Waals surface area contributed by atoms with Crippen molar-refractivity contribution < 1.29 is 19.4 Å². The first-order valence-corrected chi connectivity index (χ1v) is 9.77. The van der Waals surface area contributed by atoms with E-state index < -0.39 is 11.7 Å². The van der Waals surface area contributed by atoms with Gasteiger partial charge in [0.1, 0.15) is 11.4 Å². The summed E-state index contributed by atoms with van der Waals surface area (Å²) in [5.74, 6) is 0.557. The maximum absolute atomic E-state index is 12.0. The first-order valence-electron chi connectivity index (χ1n) is 9.77. The van der Waals surface area contributed by atoms with Crippen molar-refractivity contribution in [3.05, 3.63) is 29.8 Å². The van der Waals surface area contributed by atoms with E-state index in [4.69, 9.17) is 4.74 Å². The molecule has 0 saturated carbocycles. The number of hydrogen-bond acceptors (Lipinski definition) is 5. The molecule has 2 amide bonds. The summed E-state index contributed by atoms with van der Waals surface area (Å²) in [5, 5.41) is 21.0. The van der Waals surface area contributed by atoms with Crippen LogP contribution in [0.1, 0.15) is 44.5 Å². The quantitative estimate of drug-likeness (QED) is 0.241. The molecule has 0 saturated heterocycles. The van der Waals surface area contributed by atoms with Crippen LogP contribution in [0.2, 0.25) is 0 Å². The van der Waals surface area contributed by atoms with Crippen molar-refractivity contribution >= 4 is 18.0 Å². The zero-order valence-corrected chi connectivity index (χ0v) is 17.7. The highest BCUT2D eigenvalue weighted by atomic mass is 16.6. The Hall–Kier alpha value is -2.97. The van der Waals surface area contributed by atoms with Crippen LogP contribution in [0.15, 0.2) is 29.3 Å². The minimum atomic E-state index is -0.512. The van der Waals surface area contributed by atoms with Gasteiger partial charge in [0.05, 0.1) is 0 Å². The molecule has 1 aromatic rings. The molecule has 0 aromatic heterocycles. The highest BCUT2D eigenvalue weighted by Crippen LogP contribution is 2.09. The number of ether oxygens (including phenoxy) is 1. The number of amides is 2. The number of nitrogens with zero attached hydrogens (tertiary/aromatic N) is 1. The van der Waals surface area contributed by atoms with Gasteiger partial charge in [-0.1, -0.05) is 0 Å². The molecule has 0 heterocycles. The number of aliphatic imine (C=N–C) groups is 1. The summed E-state index contributed by atoms with van der Waals surface area (Å²) in [6, 6.07) is 6.07. The van der Waals surface area contributed by atoms with Gasteiger partial charge in [0.25, 0.3) is 5.91 Å². The van der Waals surface area contributed by atoms with Gasteiger partial charge in [0, 0.05) is 38.3 Å². The smallest absolute Gasteiger partial charge is 0.407 e. The minimum Gasteiger partial charge on any atom is -0.508 e. The standard InChI is InChI=1S/C20H33N5O4/c1-5-21-18(23-11-6-12-25-19(28)29-20(2,3)4)24-14-13-22-17(27)15-7-9-16(26)10-8-15/h7-10,26H,5-6,11-14H2,1-4H3,(H,22,27)(H,25,28)(H2,21,23,24). The molecule has 29 heavy (non-hydrogen) atoms. The average molecular weight is 408 g/mol. The summed E-state index contributed by atoms with van der Waals surface area (Å²) in [6.45, 7) is 10.1. The van der Waals surface area contributed by atoms with E-state index in [1.54, 1.807) is 12.1 Å². The second-order valence-electron chi connectivity index (χ2n) is 7.27. The molecule has 5 N–H and O–H groups in total. The van der Waals surface area contributed by atoms with Crippen molar-refractivity contribution in [1.82, 2.24) is 21.3 Å². The van der Waals surface area contributed by atoms with E-state index in [2.05, 4.69) is 26.3 Å². The second kappa shape index (κ2) is 12.5. The third kappa shape index (κ3) is 11.5. The van der Waals surface area contributed by atoms with Crippen LogP contribution in [-0.4, -0.2) is 61.4 Å². The van der Waals surface area contributed by atoms with Gasteiger partial charge in [-0.25, -0.2) is 4.79 Å². The van der Waals surface area contributed by atoms with Crippen LogP contribution in [-0.2, 0) is 4.74 Å². The Bertz CT molecular complexity index is 668. The van der Waals surface area contributed by atoms with E-state index >= 15 is 0 Å². The van der Waals surface area contributed by atoms with Crippen molar-refractivity contribution in [1.29, 1.82) is 0 Å². The molecule has 0 aliphatic heterocycles. The Morgan fingerprint density at radius 1 is 1.00 bits per heavy atom. The number of aromatic hydroxyl groups is 1. The minimum absolute atomic E-state index is 0.121. The normalized spacial score (nSPS) is 11.5. The van der Waals surface area contributed by atoms with Gasteiger partial charge in [0.15, 0.2) is 5.96 Å². The highest BCUT2D eigenvalue weighted by molar-refractivity contribution is 5.94. The zero-order valence-electron chi connectivity index (χ0n) is 17.7. The zero-order chi connectivity index (χ0) is 21.7. The van der Waals surface area contributed by atoms with Crippen LogP contribution in [0.4, 0.5) is 4.79 Å². The molecule has 162 valence electrons. The molecule has 0 unspecified atom stereocenters. The molecular formula is C20H33N5O4. The fourth-order valence-electron chi connectivity index (χ4n) is 2.19. The van der Waals surface area contributed by atoms with Crippen molar-refractivity contribution in [3.63, 3.8) is 0 Å². The molecule has 0 fully saturated rings. The lowest BCUT2D eigenvalue weighted by molar-refractivity contribution is 0.0527. The molecule has 0 aliphatic rings. The van der Waals surface area contributed by atoms with Crippen molar-refractivity contribution in [3.8, 4) is 5.75 Å². The van der Waals surface area contributed by atoms with Crippen molar-refractivity contribution in [2.75, 3.05) is 32.7 Å². The molecule has 0 aliphatic carbocycles. The van der Waals surface area contributed by atoms with Crippen LogP contribution < -0.4 is 21.3 Å². The monoisotopic (exact) mass is 407 g/mol. The Labute approximate surface area is 172 Å². The largest absolute Gasteiger partial charge is 0.508 e. The molecule has 0 radical (unpaired) electrons. The van der Waals surface area contributed by atoms with Gasteiger partial charge >= 0.3 is 6.09 Å². The highest BCUT2D eigenvalue weighted by Gasteiger charge is 2.15. The van der Waals surface area contributed by atoms with Gasteiger partial charge < -0.3 is 31.1 Å². The van der Waals surface area contributed by atoms with Crippen LogP contribution >= 0.6 is 0 Å². The number of nitrogens with one attached hydrogen (secondary N) is 4. The molecule has 0 spiro atoms. The van der Waals surface area contributed by atoms with E-state index in [1.807, 2.05) is 27.7 Å². The molecule has 9 heteroatoms. The van der Waals surface area contributed by atoms with Gasteiger partial charge in [-0.15, -0.1) is 0 Å². The van der Waals surface area contributed by atoms with Crippen LogP contribution in [0.5, 0.6) is 5.75 Å². The fourth-order valence-corrected chi connectivity index (χ4v) is 2.19. The predicted octanol–water partition coefficient (Wildman–Crippen LogP) is 1.59. The third-order valence-corrected chi connectivity index (χ3v) is 3.45. The summed E-state index contributed by atoms with van der Waals surface area (Å²) in [7, 11) is 0. The number of alkyl carbamates (subject to hydrolysis) is 1. The van der Waals surface area contributed by atoms with Gasteiger partial charge in [-0.2, -0.15) is 0 Å². The van der Waals surface area contributed by atoms with Gasteiger partial charge in [-0.3, -0.25) is 9.79 Å². The number of rotatable bonds is 9. The molecule has 0 bridgehead atoms. The molecule has 1 aromatic carbocycles. The average Bonchev–Trinajstić information content (AvgIpc) is 2.63. The number of phenolic OH excluding ortho intramolecular Hbond substituents is 1. The first-order chi connectivity index (χ1) is 13.7. The molecular weight excluding hydrogens is 374 g/mol. The first kappa shape index (κ1) is 24.1. The predicted molar refractivity (Wildman–Crippen MR) is 113 cm³/mol. The van der Waals surface area contributed by atoms with Crippen molar-refractivity contribution in [2.24, 2.45) is 4.99 Å². The lowest BCUT2D eigenvalue weighted by Gasteiger charge is -2.19. The second-order valence-corrected chi connectivity index (χ2v) is 7.27. The van der Waals surface area contributed by atoms with E-state index in [0.717, 1.165) is 0 Å². The summed E-state index contributed by atoms with van der Waals surface area (Å²) in [5.41, 5.74) is -0.0249. The summed E-state index contributed by atoms with van der Waals surface area (Å²) >= 11 is 0. The summed E-state index contributed by atoms with van der Waals surface area (Å²) in [4.78, 5) is 28.0.